The SMILES string of the molecule is Cc1nc(Oc2ccc(NC(=O)Nc3cc(C(F)(F)F)cc(C(F)(F)F)c3)cc2)cc(-n2cnc(C)c2C)n1. The number of hydrogen-bond acceptors (Lipinski definition) is 5. The molecule has 0 aliphatic carbocycles. The number of urea groups is 1. The lowest BCUT2D eigenvalue weighted by Crippen LogP contribution is -2.20. The van der Waals surface area contributed by atoms with Gasteiger partial charge in [0.15, 0.2) is 0 Å². The van der Waals surface area contributed by atoms with Gasteiger partial charge in [-0.15, -0.1) is 0 Å². The minimum absolute atomic E-state index is 0.0262. The van der Waals surface area contributed by atoms with Crippen LogP contribution >= 0.6 is 0 Å². The summed E-state index contributed by atoms with van der Waals surface area (Å²) in [5.74, 6) is 1.59. The van der Waals surface area contributed by atoms with Gasteiger partial charge in [-0.25, -0.2) is 14.8 Å². The summed E-state index contributed by atoms with van der Waals surface area (Å²) >= 11 is 0. The van der Waals surface area contributed by atoms with Crippen LogP contribution in [-0.2, 0) is 12.4 Å². The van der Waals surface area contributed by atoms with E-state index in [4.69, 9.17) is 4.74 Å². The van der Waals surface area contributed by atoms with Crippen LogP contribution in [0.2, 0.25) is 0 Å². The number of aromatic nitrogens is 4. The number of hydrogen-bond donors (Lipinski definition) is 2. The van der Waals surface area contributed by atoms with Crippen molar-refractivity contribution >= 4 is 17.4 Å². The second kappa shape index (κ2) is 10.3. The summed E-state index contributed by atoms with van der Waals surface area (Å²) in [6.45, 7) is 5.46. The summed E-state index contributed by atoms with van der Waals surface area (Å²) in [7, 11) is 0. The zero-order valence-electron chi connectivity index (χ0n) is 20.6. The van der Waals surface area contributed by atoms with Gasteiger partial charge in [-0.3, -0.25) is 4.57 Å². The molecule has 2 amide bonds. The van der Waals surface area contributed by atoms with Gasteiger partial charge in [-0.05, 0) is 63.2 Å². The molecule has 0 aliphatic heterocycles. The van der Waals surface area contributed by atoms with Gasteiger partial charge in [-0.2, -0.15) is 31.3 Å². The minimum atomic E-state index is -5.04. The van der Waals surface area contributed by atoms with E-state index in [1.54, 1.807) is 23.9 Å². The average molecular weight is 550 g/mol. The first-order valence-electron chi connectivity index (χ1n) is 11.2. The number of imidazole rings is 1. The molecule has 0 saturated carbocycles. The molecule has 4 aromatic rings. The largest absolute Gasteiger partial charge is 0.439 e. The fraction of sp³-hybridized carbons (Fsp3) is 0.200. The normalized spacial score (nSPS) is 11.8. The van der Waals surface area contributed by atoms with Crippen LogP contribution in [0, 0.1) is 20.8 Å². The van der Waals surface area contributed by atoms with Crippen LogP contribution in [-0.4, -0.2) is 25.6 Å². The molecule has 0 radical (unpaired) electrons. The standard InChI is InChI=1S/C25H20F6N6O2/c1-13-14(2)37(12-32-13)21-11-22(34-15(3)33-21)39-20-6-4-18(5-7-20)35-23(38)36-19-9-16(24(26,27)28)8-17(10-19)25(29,30)31/h4-12H,1-3H3,(H2,35,36,38). The number of anilines is 2. The van der Waals surface area contributed by atoms with Gasteiger partial charge in [0.25, 0.3) is 0 Å². The molecule has 0 atom stereocenters. The molecule has 2 aromatic carbocycles. The number of aryl methyl sites for hydroxylation is 2. The maximum atomic E-state index is 13.0. The number of halogens is 6. The maximum Gasteiger partial charge on any atom is 0.416 e. The van der Waals surface area contributed by atoms with Gasteiger partial charge in [-0.1, -0.05) is 0 Å². The maximum absolute atomic E-state index is 13.0. The van der Waals surface area contributed by atoms with Crippen molar-refractivity contribution in [1.82, 2.24) is 19.5 Å². The van der Waals surface area contributed by atoms with Gasteiger partial charge < -0.3 is 15.4 Å². The van der Waals surface area contributed by atoms with Crippen LogP contribution in [0.4, 0.5) is 42.5 Å². The Hall–Kier alpha value is -4.62. The molecule has 0 spiro atoms. The Morgan fingerprint density at radius 1 is 0.821 bits per heavy atom. The zero-order chi connectivity index (χ0) is 28.5. The second-order valence-electron chi connectivity index (χ2n) is 8.40. The number of amides is 2. The predicted octanol–water partition coefficient (Wildman–Crippen LogP) is 7.06. The molecular formula is C25H20F6N6O2. The number of nitrogens with one attached hydrogen (secondary N) is 2. The summed E-state index contributed by atoms with van der Waals surface area (Å²) in [5.41, 5.74) is -1.83. The third-order valence-corrected chi connectivity index (χ3v) is 5.48. The first-order chi connectivity index (χ1) is 18.2. The molecule has 0 unspecified atom stereocenters. The average Bonchev–Trinajstić information content (AvgIpc) is 3.16. The van der Waals surface area contributed by atoms with Crippen molar-refractivity contribution in [2.45, 2.75) is 33.1 Å². The molecule has 2 N–H and O–H groups in total. The second-order valence-corrected chi connectivity index (χ2v) is 8.40. The van der Waals surface area contributed by atoms with Crippen LogP contribution < -0.4 is 15.4 Å². The number of benzene rings is 2. The topological polar surface area (TPSA) is 94.0 Å². The van der Waals surface area contributed by atoms with E-state index in [1.165, 1.54) is 24.3 Å². The molecule has 0 saturated heterocycles. The summed E-state index contributed by atoms with van der Waals surface area (Å²) in [6.07, 6.45) is -8.45. The molecule has 8 nitrogen and oxygen atoms in total. The molecule has 4 rings (SSSR count). The number of carbonyl (C=O) groups excluding carboxylic acids is 1. The van der Waals surface area contributed by atoms with Crippen molar-refractivity contribution in [2.75, 3.05) is 10.6 Å². The van der Waals surface area contributed by atoms with Gasteiger partial charge in [0.1, 0.15) is 23.7 Å². The fourth-order valence-electron chi connectivity index (χ4n) is 3.48. The van der Waals surface area contributed by atoms with Crippen molar-refractivity contribution in [3.8, 4) is 17.4 Å². The molecule has 0 fully saturated rings. The lowest BCUT2D eigenvalue weighted by molar-refractivity contribution is -0.143. The Morgan fingerprint density at radius 3 is 1.95 bits per heavy atom. The minimum Gasteiger partial charge on any atom is -0.439 e. The summed E-state index contributed by atoms with van der Waals surface area (Å²) < 4.78 is 85.8. The Balaban J connectivity index is 1.46. The highest BCUT2D eigenvalue weighted by molar-refractivity contribution is 5.99. The summed E-state index contributed by atoms with van der Waals surface area (Å²) in [6, 6.07) is 7.22. The first kappa shape index (κ1) is 27.4. The Kier molecular flexibility index (Phi) is 7.22. The van der Waals surface area contributed by atoms with Gasteiger partial charge in [0.05, 0.1) is 16.8 Å². The van der Waals surface area contributed by atoms with Crippen molar-refractivity contribution in [1.29, 1.82) is 0 Å². The van der Waals surface area contributed by atoms with Crippen molar-refractivity contribution in [2.24, 2.45) is 0 Å². The van der Waals surface area contributed by atoms with Crippen molar-refractivity contribution < 1.29 is 35.9 Å². The lowest BCUT2D eigenvalue weighted by atomic mass is 10.1. The van der Waals surface area contributed by atoms with Crippen molar-refractivity contribution in [3.05, 3.63) is 83.2 Å². The van der Waals surface area contributed by atoms with Gasteiger partial charge in [0, 0.05) is 23.1 Å². The van der Waals surface area contributed by atoms with E-state index < -0.39 is 35.2 Å². The lowest BCUT2D eigenvalue weighted by Gasteiger charge is -2.15. The molecule has 204 valence electrons. The molecule has 14 heteroatoms. The summed E-state index contributed by atoms with van der Waals surface area (Å²) in [5, 5.41) is 4.34. The van der Waals surface area contributed by atoms with E-state index in [-0.39, 0.29) is 17.6 Å². The van der Waals surface area contributed by atoms with Gasteiger partial charge >= 0.3 is 18.4 Å². The van der Waals surface area contributed by atoms with E-state index in [0.29, 0.717) is 29.5 Å². The summed E-state index contributed by atoms with van der Waals surface area (Å²) in [4.78, 5) is 25.2. The Bertz CT molecular complexity index is 1480. The van der Waals surface area contributed by atoms with E-state index in [0.717, 1.165) is 11.4 Å². The number of alkyl halides is 6. The van der Waals surface area contributed by atoms with Crippen LogP contribution in [0.15, 0.2) is 54.9 Å². The quantitative estimate of drug-likeness (QED) is 0.260. The smallest absolute Gasteiger partial charge is 0.416 e. The van der Waals surface area contributed by atoms with Crippen LogP contribution in [0.5, 0.6) is 11.6 Å². The van der Waals surface area contributed by atoms with E-state index in [9.17, 15) is 31.1 Å². The highest BCUT2D eigenvalue weighted by Gasteiger charge is 2.37. The highest BCUT2D eigenvalue weighted by atomic mass is 19.4. The van der Waals surface area contributed by atoms with Crippen LogP contribution in [0.1, 0.15) is 28.3 Å². The Morgan fingerprint density at radius 2 is 1.41 bits per heavy atom. The number of carbonyl (C=O) groups is 1. The van der Waals surface area contributed by atoms with E-state index >= 15 is 0 Å². The third kappa shape index (κ3) is 6.64. The van der Waals surface area contributed by atoms with E-state index in [1.807, 2.05) is 19.2 Å². The highest BCUT2D eigenvalue weighted by Crippen LogP contribution is 2.37. The molecule has 39 heavy (non-hydrogen) atoms. The van der Waals surface area contributed by atoms with Crippen molar-refractivity contribution in [3.63, 3.8) is 0 Å². The monoisotopic (exact) mass is 550 g/mol. The fourth-order valence-corrected chi connectivity index (χ4v) is 3.48. The third-order valence-electron chi connectivity index (χ3n) is 5.48. The number of rotatable bonds is 5. The van der Waals surface area contributed by atoms with Crippen LogP contribution in [0.25, 0.3) is 5.82 Å². The van der Waals surface area contributed by atoms with Gasteiger partial charge in [0.2, 0.25) is 5.88 Å². The first-order valence-corrected chi connectivity index (χ1v) is 11.2. The molecule has 2 heterocycles. The Labute approximate surface area is 217 Å². The molecule has 2 aromatic heterocycles. The number of ether oxygens (including phenoxy) is 1. The molecule has 0 bridgehead atoms. The molecular weight excluding hydrogens is 530 g/mol. The van der Waals surface area contributed by atoms with E-state index in [2.05, 4.69) is 20.3 Å². The zero-order valence-corrected chi connectivity index (χ0v) is 20.6. The molecule has 0 aliphatic rings. The predicted molar refractivity (Wildman–Crippen MR) is 129 cm³/mol. The number of nitrogens with zero attached hydrogens (tertiary/aromatic N) is 4. The van der Waals surface area contributed by atoms with Crippen LogP contribution in [0.3, 0.4) is 0 Å².